The number of hydrogen-bond acceptors (Lipinski definition) is 3. The SMILES string of the molecule is COc1cc(/C=C\C(=O)N2CCCCC[C@H]2c2cccn2C)cc(OC)c1. The predicted molar refractivity (Wildman–Crippen MR) is 107 cm³/mol. The van der Waals surface area contributed by atoms with Crippen molar-refractivity contribution in [1.29, 1.82) is 0 Å². The number of carbonyl (C=O) groups is 1. The van der Waals surface area contributed by atoms with Gasteiger partial charge in [0.15, 0.2) is 0 Å². The van der Waals surface area contributed by atoms with Crippen LogP contribution in [0, 0.1) is 0 Å². The van der Waals surface area contributed by atoms with Crippen LogP contribution < -0.4 is 9.47 Å². The average Bonchev–Trinajstić information content (AvgIpc) is 2.97. The quantitative estimate of drug-likeness (QED) is 0.743. The van der Waals surface area contributed by atoms with Gasteiger partial charge in [0.25, 0.3) is 0 Å². The number of nitrogens with zero attached hydrogens (tertiary/aromatic N) is 2. The first kappa shape index (κ1) is 19.1. The molecular formula is C22H28N2O3. The molecule has 1 amide bonds. The van der Waals surface area contributed by atoms with E-state index in [1.807, 2.05) is 48.5 Å². The van der Waals surface area contributed by atoms with E-state index in [9.17, 15) is 4.79 Å². The summed E-state index contributed by atoms with van der Waals surface area (Å²) in [6.07, 6.45) is 9.91. The smallest absolute Gasteiger partial charge is 0.247 e. The molecule has 0 spiro atoms. The van der Waals surface area contributed by atoms with Gasteiger partial charge in [0.2, 0.25) is 5.91 Å². The van der Waals surface area contributed by atoms with Crippen molar-refractivity contribution in [2.45, 2.75) is 31.7 Å². The van der Waals surface area contributed by atoms with Crippen molar-refractivity contribution in [3.63, 3.8) is 0 Å². The van der Waals surface area contributed by atoms with Gasteiger partial charge >= 0.3 is 0 Å². The van der Waals surface area contributed by atoms with Crippen LogP contribution in [0.1, 0.15) is 43.0 Å². The minimum atomic E-state index is 0.0462. The summed E-state index contributed by atoms with van der Waals surface area (Å²) in [6.45, 7) is 0.792. The summed E-state index contributed by atoms with van der Waals surface area (Å²) in [6, 6.07) is 9.89. The number of methoxy groups -OCH3 is 2. The summed E-state index contributed by atoms with van der Waals surface area (Å²) in [5.74, 6) is 1.46. The molecule has 1 fully saturated rings. The maximum Gasteiger partial charge on any atom is 0.247 e. The highest BCUT2D eigenvalue weighted by molar-refractivity contribution is 5.92. The van der Waals surface area contributed by atoms with E-state index >= 15 is 0 Å². The van der Waals surface area contributed by atoms with Crippen LogP contribution in [-0.4, -0.2) is 36.1 Å². The van der Waals surface area contributed by atoms with E-state index < -0.39 is 0 Å². The van der Waals surface area contributed by atoms with E-state index in [-0.39, 0.29) is 11.9 Å². The maximum atomic E-state index is 13.0. The van der Waals surface area contributed by atoms with Crippen molar-refractivity contribution in [3.05, 3.63) is 53.9 Å². The fourth-order valence-electron chi connectivity index (χ4n) is 3.69. The second-order valence-electron chi connectivity index (χ2n) is 6.92. The van der Waals surface area contributed by atoms with Gasteiger partial charge in [-0.1, -0.05) is 12.8 Å². The lowest BCUT2D eigenvalue weighted by molar-refractivity contribution is -0.128. The average molecular weight is 368 g/mol. The summed E-state index contributed by atoms with van der Waals surface area (Å²) in [5.41, 5.74) is 2.08. The lowest BCUT2D eigenvalue weighted by atomic mass is 10.1. The van der Waals surface area contributed by atoms with Crippen LogP contribution in [0.15, 0.2) is 42.6 Å². The van der Waals surface area contributed by atoms with Crippen LogP contribution in [0.25, 0.3) is 6.08 Å². The van der Waals surface area contributed by atoms with Crippen LogP contribution in [0.5, 0.6) is 11.5 Å². The molecule has 0 bridgehead atoms. The van der Waals surface area contributed by atoms with E-state index in [1.165, 1.54) is 12.1 Å². The normalized spacial score (nSPS) is 17.7. The molecule has 2 heterocycles. The molecule has 3 rings (SSSR count). The Morgan fingerprint density at radius 3 is 2.48 bits per heavy atom. The first-order valence-corrected chi connectivity index (χ1v) is 9.45. The van der Waals surface area contributed by atoms with Crippen LogP contribution in [-0.2, 0) is 11.8 Å². The van der Waals surface area contributed by atoms with E-state index in [4.69, 9.17) is 9.47 Å². The number of aromatic nitrogens is 1. The number of carbonyl (C=O) groups excluding carboxylic acids is 1. The number of ether oxygens (including phenoxy) is 2. The minimum Gasteiger partial charge on any atom is -0.497 e. The number of hydrogen-bond donors (Lipinski definition) is 0. The minimum absolute atomic E-state index is 0.0462. The van der Waals surface area contributed by atoms with Crippen molar-refractivity contribution in [1.82, 2.24) is 9.47 Å². The molecule has 144 valence electrons. The topological polar surface area (TPSA) is 43.7 Å². The van der Waals surface area contributed by atoms with Crippen LogP contribution in [0.4, 0.5) is 0 Å². The Labute approximate surface area is 161 Å². The highest BCUT2D eigenvalue weighted by Gasteiger charge is 2.26. The maximum absolute atomic E-state index is 13.0. The molecule has 1 aromatic heterocycles. The first-order chi connectivity index (χ1) is 13.1. The molecule has 0 unspecified atom stereocenters. The Hall–Kier alpha value is -2.69. The zero-order valence-corrected chi connectivity index (χ0v) is 16.4. The standard InChI is InChI=1S/C22H28N2O3/c1-23-12-7-9-20(23)21-8-5-4-6-13-24(21)22(25)11-10-17-14-18(26-2)16-19(15-17)27-3/h7,9-12,14-16,21H,4-6,8,13H2,1-3H3/b11-10-/t21-/m0/s1. The van der Waals surface area contributed by atoms with Crippen molar-refractivity contribution in [2.75, 3.05) is 20.8 Å². The van der Waals surface area contributed by atoms with E-state index in [0.29, 0.717) is 11.5 Å². The Balaban J connectivity index is 1.82. The van der Waals surface area contributed by atoms with E-state index in [0.717, 1.165) is 31.4 Å². The van der Waals surface area contributed by atoms with E-state index in [2.05, 4.69) is 10.6 Å². The van der Waals surface area contributed by atoms with Gasteiger partial charge in [0.1, 0.15) is 11.5 Å². The third-order valence-electron chi connectivity index (χ3n) is 5.15. The molecule has 5 heteroatoms. The Morgan fingerprint density at radius 1 is 1.11 bits per heavy atom. The molecule has 0 aliphatic carbocycles. The Kier molecular flexibility index (Phi) is 6.22. The fraction of sp³-hybridized carbons (Fsp3) is 0.409. The van der Waals surface area contributed by atoms with Gasteiger partial charge in [-0.15, -0.1) is 0 Å². The van der Waals surface area contributed by atoms with E-state index in [1.54, 1.807) is 20.3 Å². The number of likely N-dealkylation sites (tertiary alicyclic amines) is 1. The molecule has 1 saturated heterocycles. The summed E-state index contributed by atoms with van der Waals surface area (Å²) in [4.78, 5) is 15.0. The predicted octanol–water partition coefficient (Wildman–Crippen LogP) is 4.20. The van der Waals surface area contributed by atoms with Gasteiger partial charge in [0, 0.05) is 37.6 Å². The lowest BCUT2D eigenvalue weighted by Gasteiger charge is -2.29. The number of amides is 1. The molecule has 2 aromatic rings. The van der Waals surface area contributed by atoms with Crippen LogP contribution >= 0.6 is 0 Å². The van der Waals surface area contributed by atoms with Crippen LogP contribution in [0.3, 0.4) is 0 Å². The number of aryl methyl sites for hydroxylation is 1. The third kappa shape index (κ3) is 4.54. The molecule has 0 radical (unpaired) electrons. The lowest BCUT2D eigenvalue weighted by Crippen LogP contribution is -2.34. The molecule has 27 heavy (non-hydrogen) atoms. The molecule has 5 nitrogen and oxygen atoms in total. The highest BCUT2D eigenvalue weighted by atomic mass is 16.5. The summed E-state index contributed by atoms with van der Waals surface area (Å²) in [7, 11) is 5.28. The molecule has 1 aliphatic rings. The summed E-state index contributed by atoms with van der Waals surface area (Å²) < 4.78 is 12.7. The van der Waals surface area contributed by atoms with Crippen molar-refractivity contribution >= 4 is 12.0 Å². The monoisotopic (exact) mass is 368 g/mol. The molecule has 1 aliphatic heterocycles. The molecule has 0 N–H and O–H groups in total. The molecular weight excluding hydrogens is 340 g/mol. The highest BCUT2D eigenvalue weighted by Crippen LogP contribution is 2.30. The second-order valence-corrected chi connectivity index (χ2v) is 6.92. The van der Waals surface area contributed by atoms with Gasteiger partial charge in [-0.25, -0.2) is 0 Å². The van der Waals surface area contributed by atoms with Crippen LogP contribution in [0.2, 0.25) is 0 Å². The summed E-state index contributed by atoms with van der Waals surface area (Å²) in [5, 5.41) is 0. The number of rotatable bonds is 5. The Bertz CT molecular complexity index is 787. The van der Waals surface area contributed by atoms with Gasteiger partial charge in [-0.05, 0) is 48.7 Å². The third-order valence-corrected chi connectivity index (χ3v) is 5.15. The molecule has 1 atom stereocenters. The van der Waals surface area contributed by atoms with Gasteiger partial charge in [0.05, 0.1) is 20.3 Å². The first-order valence-electron chi connectivity index (χ1n) is 9.45. The summed E-state index contributed by atoms with van der Waals surface area (Å²) >= 11 is 0. The zero-order chi connectivity index (χ0) is 19.2. The fourth-order valence-corrected chi connectivity index (χ4v) is 3.69. The zero-order valence-electron chi connectivity index (χ0n) is 16.4. The Morgan fingerprint density at radius 2 is 1.85 bits per heavy atom. The van der Waals surface area contributed by atoms with Gasteiger partial charge in [-0.2, -0.15) is 0 Å². The van der Waals surface area contributed by atoms with Gasteiger partial charge in [-0.3, -0.25) is 4.79 Å². The molecule has 1 aromatic carbocycles. The van der Waals surface area contributed by atoms with Gasteiger partial charge < -0.3 is 18.9 Å². The second kappa shape index (κ2) is 8.80. The van der Waals surface area contributed by atoms with Crippen molar-refractivity contribution in [3.8, 4) is 11.5 Å². The van der Waals surface area contributed by atoms with Crippen molar-refractivity contribution in [2.24, 2.45) is 7.05 Å². The number of benzene rings is 1. The largest absolute Gasteiger partial charge is 0.497 e. The molecule has 0 saturated carbocycles. The van der Waals surface area contributed by atoms with Crippen molar-refractivity contribution < 1.29 is 14.3 Å².